The molecule has 0 spiro atoms. The summed E-state index contributed by atoms with van der Waals surface area (Å²) in [6.45, 7) is 6.12. The molecule has 0 radical (unpaired) electrons. The summed E-state index contributed by atoms with van der Waals surface area (Å²) in [5.41, 5.74) is 2.55. The molecule has 2 atom stereocenters. The van der Waals surface area contributed by atoms with Gasteiger partial charge >= 0.3 is 0 Å². The predicted molar refractivity (Wildman–Crippen MR) is 81.9 cm³/mol. The van der Waals surface area contributed by atoms with Crippen LogP contribution in [0.1, 0.15) is 36.9 Å². The largest absolute Gasteiger partial charge is 0.296 e. The smallest absolute Gasteiger partial charge is 0.209 e. The Morgan fingerprint density at radius 3 is 2.85 bits per heavy atom. The Balaban J connectivity index is 2.05. The zero-order valence-corrected chi connectivity index (χ0v) is 13.1. The van der Waals surface area contributed by atoms with Crippen LogP contribution in [0, 0.1) is 12.8 Å². The third-order valence-corrected chi connectivity index (χ3v) is 5.03. The molecule has 1 aromatic rings. The van der Waals surface area contributed by atoms with Crippen molar-refractivity contribution in [2.75, 3.05) is 18.8 Å². The second kappa shape index (κ2) is 6.24. The number of likely N-dealkylation sites (tertiary alicyclic amines) is 1. The van der Waals surface area contributed by atoms with Crippen molar-refractivity contribution in [3.8, 4) is 0 Å². The minimum atomic E-state index is -3.37. The normalized spacial score (nSPS) is 22.6. The zero-order chi connectivity index (χ0) is 14.8. The first-order valence-electron chi connectivity index (χ1n) is 7.16. The van der Waals surface area contributed by atoms with E-state index in [2.05, 4.69) is 43.0 Å². The van der Waals surface area contributed by atoms with Crippen LogP contribution in [0.5, 0.6) is 0 Å². The van der Waals surface area contributed by atoms with Crippen LogP contribution in [0.25, 0.3) is 0 Å². The van der Waals surface area contributed by atoms with Gasteiger partial charge < -0.3 is 0 Å². The summed E-state index contributed by atoms with van der Waals surface area (Å²) in [5.74, 6) is 0.260. The quantitative estimate of drug-likeness (QED) is 0.925. The molecule has 1 saturated heterocycles. The first-order valence-corrected chi connectivity index (χ1v) is 8.88. The van der Waals surface area contributed by atoms with Crippen molar-refractivity contribution in [3.63, 3.8) is 0 Å². The van der Waals surface area contributed by atoms with E-state index >= 15 is 0 Å². The van der Waals surface area contributed by atoms with Gasteiger partial charge in [0, 0.05) is 12.6 Å². The first-order chi connectivity index (χ1) is 9.35. The maximum absolute atomic E-state index is 11.2. The number of nitrogens with two attached hydrogens (primary N) is 1. The average molecular weight is 296 g/mol. The topological polar surface area (TPSA) is 63.4 Å². The van der Waals surface area contributed by atoms with E-state index in [1.165, 1.54) is 11.1 Å². The lowest BCUT2D eigenvalue weighted by Gasteiger charge is -2.36. The molecule has 5 heteroatoms. The number of rotatable bonds is 4. The van der Waals surface area contributed by atoms with E-state index in [0.717, 1.165) is 25.9 Å². The van der Waals surface area contributed by atoms with E-state index in [0.29, 0.717) is 6.04 Å². The highest BCUT2D eigenvalue weighted by molar-refractivity contribution is 7.89. The van der Waals surface area contributed by atoms with Crippen LogP contribution in [-0.4, -0.2) is 32.2 Å². The van der Waals surface area contributed by atoms with Crippen molar-refractivity contribution >= 4 is 10.0 Å². The van der Waals surface area contributed by atoms with Gasteiger partial charge in [0.15, 0.2) is 0 Å². The van der Waals surface area contributed by atoms with Crippen LogP contribution in [0.4, 0.5) is 0 Å². The molecule has 1 aliphatic heterocycles. The number of piperidine rings is 1. The molecule has 112 valence electrons. The van der Waals surface area contributed by atoms with Crippen LogP contribution in [0.2, 0.25) is 0 Å². The Bertz CT molecular complexity index is 557. The molecule has 0 saturated carbocycles. The molecule has 0 aliphatic carbocycles. The Morgan fingerprint density at radius 2 is 2.20 bits per heavy atom. The lowest BCUT2D eigenvalue weighted by molar-refractivity contribution is 0.140. The molecular weight excluding hydrogens is 272 g/mol. The second-order valence-corrected chi connectivity index (χ2v) is 7.58. The van der Waals surface area contributed by atoms with Crippen LogP contribution in [-0.2, 0) is 10.0 Å². The van der Waals surface area contributed by atoms with Crippen LogP contribution >= 0.6 is 0 Å². The van der Waals surface area contributed by atoms with E-state index < -0.39 is 10.0 Å². The average Bonchev–Trinajstić information content (AvgIpc) is 2.36. The molecule has 1 heterocycles. The molecule has 20 heavy (non-hydrogen) atoms. The fourth-order valence-electron chi connectivity index (χ4n) is 3.05. The molecule has 1 fully saturated rings. The van der Waals surface area contributed by atoms with E-state index in [1.807, 2.05) is 0 Å². The van der Waals surface area contributed by atoms with E-state index in [4.69, 9.17) is 5.14 Å². The van der Waals surface area contributed by atoms with Crippen molar-refractivity contribution < 1.29 is 8.42 Å². The molecule has 1 aromatic carbocycles. The SMILES string of the molecule is Cc1cccc([C@H](C)N2CCC[C@@H](CS(N)(=O)=O)C2)c1. The van der Waals surface area contributed by atoms with Crippen molar-refractivity contribution in [2.24, 2.45) is 11.1 Å². The standard InChI is InChI=1S/C15H24N2O2S/c1-12-5-3-7-15(9-12)13(2)17-8-4-6-14(10-17)11-20(16,18)19/h3,5,7,9,13-14H,4,6,8,10-11H2,1-2H3,(H2,16,18,19)/t13-,14+/m0/s1. The van der Waals surface area contributed by atoms with Gasteiger partial charge in [0.2, 0.25) is 10.0 Å². The summed E-state index contributed by atoms with van der Waals surface area (Å²) >= 11 is 0. The van der Waals surface area contributed by atoms with Gasteiger partial charge in [-0.1, -0.05) is 29.8 Å². The second-order valence-electron chi connectivity index (χ2n) is 5.92. The van der Waals surface area contributed by atoms with Crippen LogP contribution in [0.15, 0.2) is 24.3 Å². The fourth-order valence-corrected chi connectivity index (χ4v) is 3.98. The summed E-state index contributed by atoms with van der Waals surface area (Å²) in [7, 11) is -3.37. The number of hydrogen-bond donors (Lipinski definition) is 1. The monoisotopic (exact) mass is 296 g/mol. The zero-order valence-electron chi connectivity index (χ0n) is 12.2. The van der Waals surface area contributed by atoms with Gasteiger partial charge in [0.1, 0.15) is 0 Å². The Hall–Kier alpha value is -0.910. The summed E-state index contributed by atoms with van der Waals surface area (Å²) in [6.07, 6.45) is 1.99. The molecule has 0 unspecified atom stereocenters. The Kier molecular flexibility index (Phi) is 4.83. The lowest BCUT2D eigenvalue weighted by atomic mass is 9.96. The number of hydrogen-bond acceptors (Lipinski definition) is 3. The Labute approximate surface area is 122 Å². The lowest BCUT2D eigenvalue weighted by Crippen LogP contribution is -2.40. The third kappa shape index (κ3) is 4.30. The predicted octanol–water partition coefficient (Wildman–Crippen LogP) is 2.06. The number of aryl methyl sites for hydroxylation is 1. The first kappa shape index (κ1) is 15.5. The van der Waals surface area contributed by atoms with Gasteiger partial charge in [0.05, 0.1) is 5.75 Å². The summed E-state index contributed by atoms with van der Waals surface area (Å²) < 4.78 is 22.5. The number of sulfonamides is 1. The van der Waals surface area contributed by atoms with Gasteiger partial charge in [-0.15, -0.1) is 0 Å². The number of benzene rings is 1. The van der Waals surface area contributed by atoms with Gasteiger partial charge in [-0.2, -0.15) is 0 Å². The van der Waals surface area contributed by atoms with Crippen molar-refractivity contribution in [2.45, 2.75) is 32.7 Å². The molecule has 0 amide bonds. The molecule has 4 nitrogen and oxygen atoms in total. The minimum Gasteiger partial charge on any atom is -0.296 e. The third-order valence-electron chi connectivity index (χ3n) is 4.09. The fraction of sp³-hybridized carbons (Fsp3) is 0.600. The summed E-state index contributed by atoms with van der Waals surface area (Å²) in [5, 5.41) is 5.17. The van der Waals surface area contributed by atoms with E-state index in [1.54, 1.807) is 0 Å². The van der Waals surface area contributed by atoms with E-state index in [9.17, 15) is 8.42 Å². The maximum atomic E-state index is 11.2. The molecule has 0 bridgehead atoms. The minimum absolute atomic E-state index is 0.101. The summed E-state index contributed by atoms with van der Waals surface area (Å²) in [4.78, 5) is 2.37. The summed E-state index contributed by atoms with van der Waals surface area (Å²) in [6, 6.07) is 8.83. The molecule has 2 rings (SSSR count). The Morgan fingerprint density at radius 1 is 1.45 bits per heavy atom. The molecule has 0 aromatic heterocycles. The van der Waals surface area contributed by atoms with Gasteiger partial charge in [0.25, 0.3) is 0 Å². The highest BCUT2D eigenvalue weighted by Crippen LogP contribution is 2.27. The van der Waals surface area contributed by atoms with Gasteiger partial charge in [-0.05, 0) is 44.7 Å². The highest BCUT2D eigenvalue weighted by atomic mass is 32.2. The van der Waals surface area contributed by atoms with Gasteiger partial charge in [-0.3, -0.25) is 4.90 Å². The van der Waals surface area contributed by atoms with Crippen molar-refractivity contribution in [1.82, 2.24) is 4.90 Å². The van der Waals surface area contributed by atoms with E-state index in [-0.39, 0.29) is 11.7 Å². The highest BCUT2D eigenvalue weighted by Gasteiger charge is 2.26. The van der Waals surface area contributed by atoms with Crippen molar-refractivity contribution in [3.05, 3.63) is 35.4 Å². The number of nitrogens with zero attached hydrogens (tertiary/aromatic N) is 1. The molecule has 2 N–H and O–H groups in total. The van der Waals surface area contributed by atoms with Gasteiger partial charge in [-0.25, -0.2) is 13.6 Å². The number of primary sulfonamides is 1. The van der Waals surface area contributed by atoms with Crippen LogP contribution < -0.4 is 5.14 Å². The molecule has 1 aliphatic rings. The van der Waals surface area contributed by atoms with Crippen molar-refractivity contribution in [1.29, 1.82) is 0 Å². The molecular formula is C15H24N2O2S. The van der Waals surface area contributed by atoms with Crippen LogP contribution in [0.3, 0.4) is 0 Å². The maximum Gasteiger partial charge on any atom is 0.209 e.